The first kappa shape index (κ1) is 18.8. The maximum atomic E-state index is 12.0. The molecule has 3 aromatic rings. The van der Waals surface area contributed by atoms with Crippen LogP contribution >= 0.6 is 0 Å². The lowest BCUT2D eigenvalue weighted by molar-refractivity contribution is -0.123. The van der Waals surface area contributed by atoms with E-state index in [0.717, 1.165) is 29.4 Å². The largest absolute Gasteiger partial charge is 0.492 e. The lowest BCUT2D eigenvalue weighted by Crippen LogP contribution is -2.32. The summed E-state index contributed by atoms with van der Waals surface area (Å²) in [7, 11) is 0. The topological polar surface area (TPSA) is 47.6 Å². The molecule has 0 aliphatic heterocycles. The van der Waals surface area contributed by atoms with Crippen LogP contribution < -0.4 is 14.8 Å². The zero-order valence-electron chi connectivity index (χ0n) is 15.6. The van der Waals surface area contributed by atoms with Crippen molar-refractivity contribution in [2.24, 2.45) is 0 Å². The zero-order chi connectivity index (χ0) is 18.9. The van der Waals surface area contributed by atoms with E-state index in [1.807, 2.05) is 54.6 Å². The summed E-state index contributed by atoms with van der Waals surface area (Å²) in [6, 6.07) is 21.9. The maximum absolute atomic E-state index is 12.0. The number of nitrogens with one attached hydrogen (secondary N) is 1. The molecular formula is C23H25NO3. The Kier molecular flexibility index (Phi) is 6.69. The average Bonchev–Trinajstić information content (AvgIpc) is 2.71. The Morgan fingerprint density at radius 2 is 1.70 bits per heavy atom. The summed E-state index contributed by atoms with van der Waals surface area (Å²) in [5, 5.41) is 4.91. The maximum Gasteiger partial charge on any atom is 0.258 e. The molecule has 4 nitrogen and oxygen atoms in total. The number of carbonyl (C=O) groups is 1. The van der Waals surface area contributed by atoms with Gasteiger partial charge in [-0.1, -0.05) is 61.9 Å². The first-order valence-corrected chi connectivity index (χ1v) is 9.35. The van der Waals surface area contributed by atoms with Gasteiger partial charge in [-0.15, -0.1) is 0 Å². The van der Waals surface area contributed by atoms with Crippen molar-refractivity contribution in [2.45, 2.75) is 19.8 Å². The number of hydrogen-bond acceptors (Lipinski definition) is 3. The molecule has 3 rings (SSSR count). The van der Waals surface area contributed by atoms with Gasteiger partial charge in [0.1, 0.15) is 18.1 Å². The van der Waals surface area contributed by atoms with Crippen LogP contribution in [0, 0.1) is 0 Å². The molecule has 0 spiro atoms. The van der Waals surface area contributed by atoms with Crippen molar-refractivity contribution >= 4 is 16.7 Å². The molecule has 140 valence electrons. The van der Waals surface area contributed by atoms with Crippen LogP contribution in [0.1, 0.15) is 18.9 Å². The van der Waals surface area contributed by atoms with E-state index in [1.54, 1.807) is 0 Å². The van der Waals surface area contributed by atoms with E-state index in [0.29, 0.717) is 18.9 Å². The van der Waals surface area contributed by atoms with Gasteiger partial charge in [0, 0.05) is 5.39 Å². The van der Waals surface area contributed by atoms with Gasteiger partial charge in [-0.3, -0.25) is 4.79 Å². The van der Waals surface area contributed by atoms with Crippen molar-refractivity contribution in [3.8, 4) is 11.5 Å². The summed E-state index contributed by atoms with van der Waals surface area (Å²) in [6.07, 6.45) is 2.21. The van der Waals surface area contributed by atoms with Crippen LogP contribution in [0.2, 0.25) is 0 Å². The van der Waals surface area contributed by atoms with Crippen LogP contribution in [0.4, 0.5) is 0 Å². The molecule has 0 saturated heterocycles. The lowest BCUT2D eigenvalue weighted by Gasteiger charge is -2.10. The molecule has 3 aromatic carbocycles. The van der Waals surface area contributed by atoms with Gasteiger partial charge in [-0.25, -0.2) is 0 Å². The predicted octanol–water partition coefficient (Wildman–Crippen LogP) is 4.37. The van der Waals surface area contributed by atoms with Crippen LogP contribution in [0.3, 0.4) is 0 Å². The summed E-state index contributed by atoms with van der Waals surface area (Å²) in [4.78, 5) is 12.0. The molecule has 0 bridgehead atoms. The highest BCUT2D eigenvalue weighted by molar-refractivity contribution is 5.88. The molecule has 1 N–H and O–H groups in total. The van der Waals surface area contributed by atoms with E-state index in [-0.39, 0.29) is 12.5 Å². The standard InChI is InChI=1S/C23H25NO3/c1-2-6-18-11-13-20(14-12-18)26-16-15-24-23(25)17-27-22-10-5-8-19-7-3-4-9-21(19)22/h3-5,7-14H,2,6,15-17H2,1H3,(H,24,25). The molecule has 0 heterocycles. The van der Waals surface area contributed by atoms with Gasteiger partial charge in [-0.05, 0) is 35.6 Å². The number of benzene rings is 3. The van der Waals surface area contributed by atoms with Crippen molar-refractivity contribution < 1.29 is 14.3 Å². The number of hydrogen-bond donors (Lipinski definition) is 1. The van der Waals surface area contributed by atoms with Gasteiger partial charge in [-0.2, -0.15) is 0 Å². The molecule has 0 fully saturated rings. The number of carbonyl (C=O) groups excluding carboxylic acids is 1. The molecule has 0 atom stereocenters. The Morgan fingerprint density at radius 1 is 0.926 bits per heavy atom. The Balaban J connectivity index is 1.39. The fourth-order valence-electron chi connectivity index (χ4n) is 2.92. The Hall–Kier alpha value is -3.01. The van der Waals surface area contributed by atoms with Crippen LogP contribution in [0.25, 0.3) is 10.8 Å². The van der Waals surface area contributed by atoms with Gasteiger partial charge in [0.2, 0.25) is 0 Å². The highest BCUT2D eigenvalue weighted by Gasteiger charge is 2.05. The third-order valence-corrected chi connectivity index (χ3v) is 4.26. The van der Waals surface area contributed by atoms with Crippen LogP contribution in [0.15, 0.2) is 66.7 Å². The smallest absolute Gasteiger partial charge is 0.258 e. The van der Waals surface area contributed by atoms with E-state index in [1.165, 1.54) is 5.56 Å². The minimum Gasteiger partial charge on any atom is -0.492 e. The monoisotopic (exact) mass is 363 g/mol. The minimum atomic E-state index is -0.162. The van der Waals surface area contributed by atoms with E-state index in [2.05, 4.69) is 24.4 Å². The summed E-state index contributed by atoms with van der Waals surface area (Å²) >= 11 is 0. The third kappa shape index (κ3) is 5.48. The molecule has 4 heteroatoms. The van der Waals surface area contributed by atoms with Crippen molar-refractivity contribution in [3.63, 3.8) is 0 Å². The Morgan fingerprint density at radius 3 is 2.52 bits per heavy atom. The highest BCUT2D eigenvalue weighted by Crippen LogP contribution is 2.24. The summed E-state index contributed by atoms with van der Waals surface area (Å²) < 4.78 is 11.3. The second-order valence-corrected chi connectivity index (χ2v) is 6.36. The number of rotatable bonds is 9. The van der Waals surface area contributed by atoms with E-state index < -0.39 is 0 Å². The molecule has 0 unspecified atom stereocenters. The lowest BCUT2D eigenvalue weighted by atomic mass is 10.1. The molecular weight excluding hydrogens is 338 g/mol. The van der Waals surface area contributed by atoms with Crippen molar-refractivity contribution in [2.75, 3.05) is 19.8 Å². The first-order chi connectivity index (χ1) is 13.3. The summed E-state index contributed by atoms with van der Waals surface area (Å²) in [6.45, 7) is 3.01. The Labute approximate surface area is 160 Å². The van der Waals surface area contributed by atoms with E-state index in [4.69, 9.17) is 9.47 Å². The first-order valence-electron chi connectivity index (χ1n) is 9.35. The molecule has 0 aliphatic carbocycles. The average molecular weight is 363 g/mol. The molecule has 0 aliphatic rings. The second-order valence-electron chi connectivity index (χ2n) is 6.36. The zero-order valence-corrected chi connectivity index (χ0v) is 15.6. The molecule has 0 saturated carbocycles. The fraction of sp³-hybridized carbons (Fsp3) is 0.261. The number of aryl methyl sites for hydroxylation is 1. The quantitative estimate of drug-likeness (QED) is 0.575. The molecule has 0 radical (unpaired) electrons. The van der Waals surface area contributed by atoms with Gasteiger partial charge >= 0.3 is 0 Å². The van der Waals surface area contributed by atoms with Crippen molar-refractivity contribution in [1.29, 1.82) is 0 Å². The fourth-order valence-corrected chi connectivity index (χ4v) is 2.92. The number of amides is 1. The highest BCUT2D eigenvalue weighted by atomic mass is 16.5. The predicted molar refractivity (Wildman–Crippen MR) is 108 cm³/mol. The minimum absolute atomic E-state index is 0.0142. The normalized spacial score (nSPS) is 10.6. The van der Waals surface area contributed by atoms with Gasteiger partial charge in [0.25, 0.3) is 5.91 Å². The number of ether oxygens (including phenoxy) is 2. The van der Waals surface area contributed by atoms with Crippen molar-refractivity contribution in [1.82, 2.24) is 5.32 Å². The summed E-state index contributed by atoms with van der Waals surface area (Å²) in [5.41, 5.74) is 1.31. The van der Waals surface area contributed by atoms with Gasteiger partial charge in [0.15, 0.2) is 6.61 Å². The third-order valence-electron chi connectivity index (χ3n) is 4.26. The van der Waals surface area contributed by atoms with E-state index in [9.17, 15) is 4.79 Å². The van der Waals surface area contributed by atoms with Crippen LogP contribution in [-0.4, -0.2) is 25.7 Å². The molecule has 1 amide bonds. The Bertz CT molecular complexity index is 869. The molecule has 27 heavy (non-hydrogen) atoms. The van der Waals surface area contributed by atoms with Crippen LogP contribution in [-0.2, 0) is 11.2 Å². The van der Waals surface area contributed by atoms with Crippen LogP contribution in [0.5, 0.6) is 11.5 Å². The van der Waals surface area contributed by atoms with Gasteiger partial charge < -0.3 is 14.8 Å². The SMILES string of the molecule is CCCc1ccc(OCCNC(=O)COc2cccc3ccccc23)cc1. The van der Waals surface area contributed by atoms with Crippen molar-refractivity contribution in [3.05, 3.63) is 72.3 Å². The molecule has 0 aromatic heterocycles. The summed E-state index contributed by atoms with van der Waals surface area (Å²) in [5.74, 6) is 1.37. The number of fused-ring (bicyclic) bond motifs is 1. The van der Waals surface area contributed by atoms with E-state index >= 15 is 0 Å². The van der Waals surface area contributed by atoms with Gasteiger partial charge in [0.05, 0.1) is 6.54 Å². The second kappa shape index (κ2) is 9.62.